The third-order valence-electron chi connectivity index (χ3n) is 3.80. The van der Waals surface area contributed by atoms with Crippen molar-refractivity contribution in [3.05, 3.63) is 34.3 Å². The van der Waals surface area contributed by atoms with E-state index in [1.165, 1.54) is 22.9 Å². The molecule has 1 N–H and O–H groups in total. The maximum atomic E-state index is 5.91. The second-order valence-corrected chi connectivity index (χ2v) is 6.18. The lowest BCUT2D eigenvalue weighted by Crippen LogP contribution is -2.59. The summed E-state index contributed by atoms with van der Waals surface area (Å²) in [6.07, 6.45) is 2.72. The Labute approximate surface area is 111 Å². The number of ether oxygens (including phenoxy) is 1. The first-order valence-electron chi connectivity index (χ1n) is 6.34. The van der Waals surface area contributed by atoms with Crippen LogP contribution in [0.4, 0.5) is 0 Å². The van der Waals surface area contributed by atoms with Crippen LogP contribution in [-0.4, -0.2) is 26.3 Å². The first-order chi connectivity index (χ1) is 8.30. The Morgan fingerprint density at radius 2 is 2.06 bits per heavy atom. The van der Waals surface area contributed by atoms with Gasteiger partial charge in [-0.3, -0.25) is 0 Å². The second kappa shape index (κ2) is 4.71. The molecule has 2 aliphatic rings. The lowest BCUT2D eigenvalue weighted by Gasteiger charge is -2.43. The Morgan fingerprint density at radius 3 is 2.65 bits per heavy atom. The van der Waals surface area contributed by atoms with Crippen molar-refractivity contribution >= 4 is 15.9 Å². The van der Waals surface area contributed by atoms with Crippen molar-refractivity contribution in [3.8, 4) is 0 Å². The maximum Gasteiger partial charge on any atom is 0.0588 e. The summed E-state index contributed by atoms with van der Waals surface area (Å²) in [5.74, 6) is 0.847. The van der Waals surface area contributed by atoms with Crippen LogP contribution < -0.4 is 5.32 Å². The summed E-state index contributed by atoms with van der Waals surface area (Å²) in [7, 11) is 0. The van der Waals surface area contributed by atoms with Crippen LogP contribution >= 0.6 is 15.9 Å². The van der Waals surface area contributed by atoms with Crippen molar-refractivity contribution < 1.29 is 4.74 Å². The summed E-state index contributed by atoms with van der Waals surface area (Å²) < 4.78 is 7.12. The van der Waals surface area contributed by atoms with Gasteiger partial charge in [0.2, 0.25) is 0 Å². The molecule has 92 valence electrons. The summed E-state index contributed by atoms with van der Waals surface area (Å²) >= 11 is 3.66. The van der Waals surface area contributed by atoms with Crippen LogP contribution in [0.3, 0.4) is 0 Å². The normalized spacial score (nSPS) is 22.2. The standard InChI is InChI=1S/C14H18BrNO/c15-13-4-2-1-3-12(13)14(8-16-9-14)10-17-7-11-5-6-11/h1-4,11,16H,5-10H2. The van der Waals surface area contributed by atoms with Crippen molar-refractivity contribution in [1.82, 2.24) is 5.32 Å². The molecule has 1 saturated carbocycles. The molecule has 1 heterocycles. The minimum atomic E-state index is 0.189. The summed E-state index contributed by atoms with van der Waals surface area (Å²) in [4.78, 5) is 0. The molecule has 2 fully saturated rings. The fourth-order valence-electron chi connectivity index (χ4n) is 2.39. The summed E-state index contributed by atoms with van der Waals surface area (Å²) in [6.45, 7) is 3.85. The number of rotatable bonds is 5. The van der Waals surface area contributed by atoms with Crippen molar-refractivity contribution in [2.24, 2.45) is 5.92 Å². The van der Waals surface area contributed by atoms with E-state index < -0.39 is 0 Å². The van der Waals surface area contributed by atoms with E-state index in [9.17, 15) is 0 Å². The summed E-state index contributed by atoms with van der Waals surface area (Å²) in [5.41, 5.74) is 1.57. The Kier molecular flexibility index (Phi) is 3.24. The molecule has 17 heavy (non-hydrogen) atoms. The Hall–Kier alpha value is -0.380. The van der Waals surface area contributed by atoms with Gasteiger partial charge < -0.3 is 10.1 Å². The zero-order valence-electron chi connectivity index (χ0n) is 9.92. The van der Waals surface area contributed by atoms with Crippen LogP contribution in [0.2, 0.25) is 0 Å². The van der Waals surface area contributed by atoms with Crippen LogP contribution in [0.15, 0.2) is 28.7 Å². The molecule has 2 nitrogen and oxygen atoms in total. The van der Waals surface area contributed by atoms with E-state index in [4.69, 9.17) is 4.74 Å². The summed E-state index contributed by atoms with van der Waals surface area (Å²) in [5, 5.41) is 3.38. The van der Waals surface area contributed by atoms with Crippen molar-refractivity contribution in [3.63, 3.8) is 0 Å². The fraction of sp³-hybridized carbons (Fsp3) is 0.571. The fourth-order valence-corrected chi connectivity index (χ4v) is 3.10. The molecule has 1 aliphatic heterocycles. The highest BCUT2D eigenvalue weighted by Gasteiger charge is 2.40. The molecule has 0 amide bonds. The van der Waals surface area contributed by atoms with Gasteiger partial charge in [-0.25, -0.2) is 0 Å². The van der Waals surface area contributed by atoms with Crippen LogP contribution in [-0.2, 0) is 10.2 Å². The van der Waals surface area contributed by atoms with E-state index in [2.05, 4.69) is 45.5 Å². The molecular formula is C14H18BrNO. The van der Waals surface area contributed by atoms with Gasteiger partial charge in [0.1, 0.15) is 0 Å². The smallest absolute Gasteiger partial charge is 0.0588 e. The van der Waals surface area contributed by atoms with Crippen LogP contribution in [0.1, 0.15) is 18.4 Å². The van der Waals surface area contributed by atoms with Gasteiger partial charge in [0.25, 0.3) is 0 Å². The van der Waals surface area contributed by atoms with Gasteiger partial charge in [-0.1, -0.05) is 34.1 Å². The molecule has 3 heteroatoms. The Bertz CT molecular complexity index is 399. The molecule has 1 aliphatic carbocycles. The van der Waals surface area contributed by atoms with E-state index in [0.29, 0.717) is 0 Å². The van der Waals surface area contributed by atoms with E-state index in [1.807, 2.05) is 0 Å². The molecule has 1 aromatic rings. The molecule has 0 radical (unpaired) electrons. The van der Waals surface area contributed by atoms with Gasteiger partial charge in [-0.2, -0.15) is 0 Å². The average molecular weight is 296 g/mol. The SMILES string of the molecule is Brc1ccccc1C1(COCC2CC2)CNC1. The van der Waals surface area contributed by atoms with E-state index in [-0.39, 0.29) is 5.41 Å². The number of hydrogen-bond acceptors (Lipinski definition) is 2. The zero-order valence-corrected chi connectivity index (χ0v) is 11.5. The number of hydrogen-bond donors (Lipinski definition) is 1. The molecule has 0 spiro atoms. The average Bonchev–Trinajstić information content (AvgIpc) is 3.07. The molecule has 3 rings (SSSR count). The Balaban J connectivity index is 1.69. The first kappa shape index (κ1) is 11.7. The summed E-state index contributed by atoms with van der Waals surface area (Å²) in [6, 6.07) is 8.52. The van der Waals surface area contributed by atoms with E-state index in [0.717, 1.165) is 32.2 Å². The molecule has 0 aromatic heterocycles. The minimum Gasteiger partial charge on any atom is -0.380 e. The molecule has 0 atom stereocenters. The number of halogens is 1. The highest BCUT2D eigenvalue weighted by atomic mass is 79.9. The van der Waals surface area contributed by atoms with Crippen molar-refractivity contribution in [2.45, 2.75) is 18.3 Å². The van der Waals surface area contributed by atoms with E-state index in [1.54, 1.807) is 0 Å². The van der Waals surface area contributed by atoms with Gasteiger partial charge in [0.15, 0.2) is 0 Å². The highest BCUT2D eigenvalue weighted by molar-refractivity contribution is 9.10. The van der Waals surface area contributed by atoms with Crippen LogP contribution in [0, 0.1) is 5.92 Å². The third-order valence-corrected chi connectivity index (χ3v) is 4.49. The predicted octanol–water partition coefficient (Wildman–Crippen LogP) is 2.72. The third kappa shape index (κ3) is 2.42. The van der Waals surface area contributed by atoms with E-state index >= 15 is 0 Å². The van der Waals surface area contributed by atoms with Gasteiger partial charge in [0, 0.05) is 29.6 Å². The topological polar surface area (TPSA) is 21.3 Å². The monoisotopic (exact) mass is 295 g/mol. The predicted molar refractivity (Wildman–Crippen MR) is 72.2 cm³/mol. The molecule has 1 aromatic carbocycles. The van der Waals surface area contributed by atoms with Gasteiger partial charge in [-0.15, -0.1) is 0 Å². The van der Waals surface area contributed by atoms with Crippen LogP contribution in [0.25, 0.3) is 0 Å². The van der Waals surface area contributed by atoms with Gasteiger partial charge in [-0.05, 0) is 30.4 Å². The quantitative estimate of drug-likeness (QED) is 0.902. The van der Waals surface area contributed by atoms with Crippen molar-refractivity contribution in [2.75, 3.05) is 26.3 Å². The van der Waals surface area contributed by atoms with Crippen molar-refractivity contribution in [1.29, 1.82) is 0 Å². The molecule has 1 saturated heterocycles. The highest BCUT2D eigenvalue weighted by Crippen LogP contribution is 2.35. The number of benzene rings is 1. The van der Waals surface area contributed by atoms with Gasteiger partial charge in [0.05, 0.1) is 6.61 Å². The van der Waals surface area contributed by atoms with Crippen LogP contribution in [0.5, 0.6) is 0 Å². The minimum absolute atomic E-state index is 0.189. The lowest BCUT2D eigenvalue weighted by atomic mass is 9.76. The molecule has 0 unspecified atom stereocenters. The number of nitrogens with one attached hydrogen (secondary N) is 1. The molecule has 0 bridgehead atoms. The molecular weight excluding hydrogens is 278 g/mol. The van der Waals surface area contributed by atoms with Gasteiger partial charge >= 0.3 is 0 Å². The zero-order chi connectivity index (χ0) is 11.7. The largest absolute Gasteiger partial charge is 0.380 e. The first-order valence-corrected chi connectivity index (χ1v) is 7.13. The Morgan fingerprint density at radius 1 is 1.29 bits per heavy atom. The maximum absolute atomic E-state index is 5.91. The lowest BCUT2D eigenvalue weighted by molar-refractivity contribution is 0.0511. The second-order valence-electron chi connectivity index (χ2n) is 5.32.